The average molecular weight is 168 g/mol. The maximum atomic E-state index is 11.4. The minimum Gasteiger partial charge on any atom is -0.299 e. The zero-order valence-corrected chi connectivity index (χ0v) is 8.14. The average Bonchev–Trinajstić information content (AvgIpc) is 2.08. The molecule has 0 N–H and O–H groups in total. The second-order valence-electron chi connectivity index (χ2n) is 4.03. The molecule has 0 bridgehead atoms. The van der Waals surface area contributed by atoms with Gasteiger partial charge in [-0.15, -0.1) is 0 Å². The lowest BCUT2D eigenvalue weighted by Gasteiger charge is -2.12. The first-order valence-electron chi connectivity index (χ1n) is 5.33. The zero-order chi connectivity index (χ0) is 8.81. The molecule has 0 radical (unpaired) electrons. The molecule has 1 fully saturated rings. The molecule has 1 unspecified atom stereocenters. The Hall–Kier alpha value is -0.330. The van der Waals surface area contributed by atoms with Crippen molar-refractivity contribution in [3.63, 3.8) is 0 Å². The predicted molar refractivity (Wildman–Crippen MR) is 51.1 cm³/mol. The number of carbonyl (C=O) groups is 1. The number of hydrogen-bond acceptors (Lipinski definition) is 1. The molecular formula is C11H20O. The molecule has 0 aromatic rings. The fraction of sp³-hybridized carbons (Fsp3) is 0.909. The van der Waals surface area contributed by atoms with Gasteiger partial charge in [0.05, 0.1) is 0 Å². The van der Waals surface area contributed by atoms with Gasteiger partial charge in [0.1, 0.15) is 5.78 Å². The number of Topliss-reactive ketones (excluding diaryl/α,β-unsaturated/α-hetero) is 1. The highest BCUT2D eigenvalue weighted by atomic mass is 16.1. The molecule has 0 aromatic heterocycles. The maximum absolute atomic E-state index is 11.4. The minimum atomic E-state index is 0.336. The molecule has 1 aliphatic carbocycles. The van der Waals surface area contributed by atoms with Crippen LogP contribution >= 0.6 is 0 Å². The Bertz CT molecular complexity index is 140. The van der Waals surface area contributed by atoms with Gasteiger partial charge in [-0.3, -0.25) is 4.79 Å². The van der Waals surface area contributed by atoms with Crippen LogP contribution in [0.3, 0.4) is 0 Å². The van der Waals surface area contributed by atoms with Crippen LogP contribution in [0, 0.1) is 5.92 Å². The fourth-order valence-electron chi connectivity index (χ4n) is 1.86. The van der Waals surface area contributed by atoms with E-state index in [1.165, 1.54) is 32.1 Å². The van der Waals surface area contributed by atoms with Crippen molar-refractivity contribution in [3.05, 3.63) is 0 Å². The Kier molecular flexibility index (Phi) is 4.34. The van der Waals surface area contributed by atoms with Crippen LogP contribution in [0.5, 0.6) is 0 Å². The molecule has 70 valence electrons. The summed E-state index contributed by atoms with van der Waals surface area (Å²) < 4.78 is 0. The van der Waals surface area contributed by atoms with Crippen LogP contribution in [0.25, 0.3) is 0 Å². The van der Waals surface area contributed by atoms with Crippen molar-refractivity contribution in [1.82, 2.24) is 0 Å². The fourth-order valence-corrected chi connectivity index (χ4v) is 1.86. The minimum absolute atomic E-state index is 0.336. The quantitative estimate of drug-likeness (QED) is 0.542. The Morgan fingerprint density at radius 2 is 1.58 bits per heavy atom. The normalized spacial score (nSPS) is 28.4. The Balaban J connectivity index is 2.31. The molecule has 0 aromatic carbocycles. The van der Waals surface area contributed by atoms with E-state index in [1.807, 2.05) is 0 Å². The highest BCUT2D eigenvalue weighted by Crippen LogP contribution is 2.18. The number of hydrogen-bond donors (Lipinski definition) is 0. The van der Waals surface area contributed by atoms with Gasteiger partial charge in [-0.25, -0.2) is 0 Å². The van der Waals surface area contributed by atoms with E-state index in [1.54, 1.807) is 0 Å². The zero-order valence-electron chi connectivity index (χ0n) is 8.14. The SMILES string of the molecule is CC1CCCCCCCCC1=O. The number of carbonyl (C=O) groups excluding carboxylic acids is 1. The Labute approximate surface area is 75.5 Å². The molecule has 0 amide bonds. The first-order valence-corrected chi connectivity index (χ1v) is 5.33. The van der Waals surface area contributed by atoms with E-state index >= 15 is 0 Å². The molecule has 1 nitrogen and oxygen atoms in total. The maximum Gasteiger partial charge on any atom is 0.135 e. The summed E-state index contributed by atoms with van der Waals surface area (Å²) in [4.78, 5) is 11.4. The first-order chi connectivity index (χ1) is 5.80. The van der Waals surface area contributed by atoms with Crippen molar-refractivity contribution in [2.45, 2.75) is 58.3 Å². The number of ketones is 1. The molecule has 12 heavy (non-hydrogen) atoms. The van der Waals surface area contributed by atoms with Crippen LogP contribution < -0.4 is 0 Å². The van der Waals surface area contributed by atoms with Gasteiger partial charge in [-0.2, -0.15) is 0 Å². The standard InChI is InChI=1S/C11H20O/c1-10-8-6-4-2-3-5-7-9-11(10)12/h10H,2-9H2,1H3. The lowest BCUT2D eigenvalue weighted by atomic mass is 9.93. The van der Waals surface area contributed by atoms with Crippen LogP contribution in [-0.2, 0) is 4.79 Å². The first kappa shape index (κ1) is 9.76. The molecular weight excluding hydrogens is 148 g/mol. The van der Waals surface area contributed by atoms with Crippen molar-refractivity contribution in [3.8, 4) is 0 Å². The molecule has 1 saturated carbocycles. The predicted octanol–water partition coefficient (Wildman–Crippen LogP) is 3.33. The summed E-state index contributed by atoms with van der Waals surface area (Å²) in [6.07, 6.45) is 9.65. The van der Waals surface area contributed by atoms with Gasteiger partial charge in [0, 0.05) is 12.3 Å². The van der Waals surface area contributed by atoms with Crippen LogP contribution in [0.4, 0.5) is 0 Å². The van der Waals surface area contributed by atoms with E-state index in [2.05, 4.69) is 6.92 Å². The third-order valence-electron chi connectivity index (χ3n) is 2.86. The molecule has 0 saturated heterocycles. The van der Waals surface area contributed by atoms with E-state index in [0.29, 0.717) is 11.7 Å². The molecule has 1 rings (SSSR count). The third-order valence-corrected chi connectivity index (χ3v) is 2.86. The van der Waals surface area contributed by atoms with Gasteiger partial charge in [0.15, 0.2) is 0 Å². The summed E-state index contributed by atoms with van der Waals surface area (Å²) in [5, 5.41) is 0. The summed E-state index contributed by atoms with van der Waals surface area (Å²) in [5.74, 6) is 0.833. The van der Waals surface area contributed by atoms with Crippen LogP contribution in [0.2, 0.25) is 0 Å². The molecule has 0 heterocycles. The summed E-state index contributed by atoms with van der Waals surface area (Å²) in [5.41, 5.74) is 0. The van der Waals surface area contributed by atoms with Gasteiger partial charge < -0.3 is 0 Å². The highest BCUT2D eigenvalue weighted by molar-refractivity contribution is 5.80. The second-order valence-corrected chi connectivity index (χ2v) is 4.03. The summed E-state index contributed by atoms with van der Waals surface area (Å²) in [6.45, 7) is 2.09. The highest BCUT2D eigenvalue weighted by Gasteiger charge is 2.12. The monoisotopic (exact) mass is 168 g/mol. The van der Waals surface area contributed by atoms with Crippen LogP contribution in [0.1, 0.15) is 58.3 Å². The van der Waals surface area contributed by atoms with Gasteiger partial charge in [0.2, 0.25) is 0 Å². The van der Waals surface area contributed by atoms with E-state index in [0.717, 1.165) is 19.3 Å². The summed E-state index contributed by atoms with van der Waals surface area (Å²) >= 11 is 0. The Morgan fingerprint density at radius 1 is 1.00 bits per heavy atom. The van der Waals surface area contributed by atoms with Crippen molar-refractivity contribution < 1.29 is 4.79 Å². The number of rotatable bonds is 0. The van der Waals surface area contributed by atoms with Crippen molar-refractivity contribution >= 4 is 5.78 Å². The second kappa shape index (κ2) is 5.34. The van der Waals surface area contributed by atoms with Gasteiger partial charge in [0.25, 0.3) is 0 Å². The summed E-state index contributed by atoms with van der Waals surface area (Å²) in [6, 6.07) is 0. The molecule has 1 aliphatic rings. The van der Waals surface area contributed by atoms with E-state index in [9.17, 15) is 4.79 Å². The van der Waals surface area contributed by atoms with Crippen molar-refractivity contribution in [2.24, 2.45) is 5.92 Å². The van der Waals surface area contributed by atoms with Crippen molar-refractivity contribution in [1.29, 1.82) is 0 Å². The smallest absolute Gasteiger partial charge is 0.135 e. The van der Waals surface area contributed by atoms with E-state index in [4.69, 9.17) is 0 Å². The van der Waals surface area contributed by atoms with E-state index in [-0.39, 0.29) is 0 Å². The molecule has 0 aliphatic heterocycles. The molecule has 1 heteroatoms. The Morgan fingerprint density at radius 3 is 2.33 bits per heavy atom. The molecule has 0 spiro atoms. The topological polar surface area (TPSA) is 17.1 Å². The van der Waals surface area contributed by atoms with Crippen LogP contribution in [0.15, 0.2) is 0 Å². The summed E-state index contributed by atoms with van der Waals surface area (Å²) in [7, 11) is 0. The van der Waals surface area contributed by atoms with E-state index < -0.39 is 0 Å². The van der Waals surface area contributed by atoms with Crippen molar-refractivity contribution in [2.75, 3.05) is 0 Å². The van der Waals surface area contributed by atoms with Gasteiger partial charge in [-0.05, 0) is 12.8 Å². The van der Waals surface area contributed by atoms with Gasteiger partial charge in [-0.1, -0.05) is 39.0 Å². The third kappa shape index (κ3) is 3.38. The van der Waals surface area contributed by atoms with Crippen LogP contribution in [-0.4, -0.2) is 5.78 Å². The largest absolute Gasteiger partial charge is 0.299 e. The lowest BCUT2D eigenvalue weighted by Crippen LogP contribution is -2.11. The van der Waals surface area contributed by atoms with Gasteiger partial charge >= 0.3 is 0 Å². The molecule has 1 atom stereocenters. The lowest BCUT2D eigenvalue weighted by molar-refractivity contribution is -0.122.